The van der Waals surface area contributed by atoms with Gasteiger partial charge in [-0.3, -0.25) is 0 Å². The summed E-state index contributed by atoms with van der Waals surface area (Å²) in [6, 6.07) is 7.31. The number of hydrogen-bond donors (Lipinski definition) is 1. The van der Waals surface area contributed by atoms with Crippen LogP contribution in [-0.4, -0.2) is 7.05 Å². The maximum absolute atomic E-state index is 3.60. The fourth-order valence-corrected chi connectivity index (χ4v) is 3.79. The molecule has 1 aliphatic rings. The molecule has 1 aromatic carbocycles. The fraction of sp³-hybridized carbons (Fsp3) is 0.647. The molecule has 1 aliphatic carbocycles. The number of nitrogens with one attached hydrogen (secondary N) is 1. The molecule has 1 fully saturated rings. The number of aryl methyl sites for hydroxylation is 1. The van der Waals surface area contributed by atoms with Gasteiger partial charge in [-0.1, -0.05) is 54.2 Å². The van der Waals surface area contributed by atoms with E-state index in [-0.39, 0.29) is 0 Å². The number of hydrogen-bond acceptors (Lipinski definition) is 1. The Morgan fingerprint density at radius 2 is 2.16 bits per heavy atom. The summed E-state index contributed by atoms with van der Waals surface area (Å²) in [5.74, 6) is 1.73. The molecule has 1 N–H and O–H groups in total. The second kappa shape index (κ2) is 6.90. The van der Waals surface area contributed by atoms with Gasteiger partial charge in [0.25, 0.3) is 0 Å². The van der Waals surface area contributed by atoms with Crippen molar-refractivity contribution in [1.82, 2.24) is 5.32 Å². The first-order valence-corrected chi connectivity index (χ1v) is 8.38. The van der Waals surface area contributed by atoms with E-state index in [0.717, 1.165) is 11.8 Å². The molecular weight excluding hydrogens is 298 g/mol. The lowest BCUT2D eigenvalue weighted by molar-refractivity contribution is 0.214. The lowest BCUT2D eigenvalue weighted by atomic mass is 9.75. The highest BCUT2D eigenvalue weighted by molar-refractivity contribution is 9.10. The van der Waals surface area contributed by atoms with Gasteiger partial charge in [-0.05, 0) is 55.8 Å². The molecule has 3 atom stereocenters. The highest BCUT2D eigenvalue weighted by Gasteiger charge is 2.27. The summed E-state index contributed by atoms with van der Waals surface area (Å²) in [6.07, 6.45) is 6.93. The van der Waals surface area contributed by atoms with E-state index in [1.54, 1.807) is 0 Å². The van der Waals surface area contributed by atoms with E-state index in [1.165, 1.54) is 47.7 Å². The number of benzene rings is 1. The zero-order chi connectivity index (χ0) is 13.8. The molecular formula is C17H26BrN. The largest absolute Gasteiger partial charge is 0.313 e. The van der Waals surface area contributed by atoms with Crippen LogP contribution in [0.15, 0.2) is 22.7 Å². The van der Waals surface area contributed by atoms with Crippen LogP contribution in [0.5, 0.6) is 0 Å². The van der Waals surface area contributed by atoms with Crippen LogP contribution < -0.4 is 5.32 Å². The molecule has 1 nitrogen and oxygen atoms in total. The summed E-state index contributed by atoms with van der Waals surface area (Å²) in [5, 5.41) is 3.56. The lowest BCUT2D eigenvalue weighted by Crippen LogP contribution is -2.29. The van der Waals surface area contributed by atoms with Gasteiger partial charge in [0.1, 0.15) is 0 Å². The third kappa shape index (κ3) is 3.61. The molecule has 0 aromatic heterocycles. The maximum Gasteiger partial charge on any atom is 0.0346 e. The Labute approximate surface area is 126 Å². The standard InChI is InChI=1S/C17H26BrN/c1-4-13-6-5-7-14(11-13)17(19-3)15-8-9-16(18)12(2)10-15/h8-10,13-14,17,19H,4-7,11H2,1-3H3. The van der Waals surface area contributed by atoms with E-state index in [9.17, 15) is 0 Å². The van der Waals surface area contributed by atoms with Crippen molar-refractivity contribution in [3.05, 3.63) is 33.8 Å². The predicted octanol–water partition coefficient (Wildman–Crippen LogP) is 5.23. The summed E-state index contributed by atoms with van der Waals surface area (Å²) in [6.45, 7) is 4.52. The van der Waals surface area contributed by atoms with Crippen molar-refractivity contribution in [2.75, 3.05) is 7.05 Å². The molecule has 0 amide bonds. The van der Waals surface area contributed by atoms with Crippen molar-refractivity contribution in [3.8, 4) is 0 Å². The van der Waals surface area contributed by atoms with E-state index < -0.39 is 0 Å². The molecule has 106 valence electrons. The minimum absolute atomic E-state index is 0.515. The van der Waals surface area contributed by atoms with E-state index >= 15 is 0 Å². The quantitative estimate of drug-likeness (QED) is 0.799. The van der Waals surface area contributed by atoms with E-state index in [2.05, 4.69) is 60.3 Å². The van der Waals surface area contributed by atoms with Crippen LogP contribution in [0.4, 0.5) is 0 Å². The summed E-state index contributed by atoms with van der Waals surface area (Å²) in [4.78, 5) is 0. The molecule has 0 heterocycles. The Bertz CT molecular complexity index is 416. The normalized spacial score (nSPS) is 25.3. The van der Waals surface area contributed by atoms with Crippen molar-refractivity contribution < 1.29 is 0 Å². The number of rotatable bonds is 4. The first-order chi connectivity index (χ1) is 9.15. The molecule has 3 unspecified atom stereocenters. The second-order valence-electron chi connectivity index (χ2n) is 5.98. The zero-order valence-electron chi connectivity index (χ0n) is 12.4. The van der Waals surface area contributed by atoms with Crippen LogP contribution >= 0.6 is 15.9 Å². The molecule has 0 aliphatic heterocycles. The number of halogens is 1. The Hall–Kier alpha value is -0.340. The van der Waals surface area contributed by atoms with Crippen LogP contribution in [-0.2, 0) is 0 Å². The van der Waals surface area contributed by atoms with Gasteiger partial charge in [-0.25, -0.2) is 0 Å². The predicted molar refractivity (Wildman–Crippen MR) is 86.4 cm³/mol. The Morgan fingerprint density at radius 3 is 2.79 bits per heavy atom. The van der Waals surface area contributed by atoms with Gasteiger partial charge in [0.05, 0.1) is 0 Å². The average Bonchev–Trinajstić information content (AvgIpc) is 2.44. The van der Waals surface area contributed by atoms with Crippen LogP contribution in [0, 0.1) is 18.8 Å². The van der Waals surface area contributed by atoms with Gasteiger partial charge >= 0.3 is 0 Å². The Balaban J connectivity index is 2.16. The van der Waals surface area contributed by atoms with Crippen LogP contribution in [0.3, 0.4) is 0 Å². The van der Waals surface area contributed by atoms with Crippen molar-refractivity contribution >= 4 is 15.9 Å². The Morgan fingerprint density at radius 1 is 1.37 bits per heavy atom. The third-order valence-corrected chi connectivity index (χ3v) is 5.61. The molecule has 2 rings (SSSR count). The van der Waals surface area contributed by atoms with E-state index in [4.69, 9.17) is 0 Å². The van der Waals surface area contributed by atoms with Crippen molar-refractivity contribution in [2.24, 2.45) is 11.8 Å². The summed E-state index contributed by atoms with van der Waals surface area (Å²) in [7, 11) is 2.11. The first-order valence-electron chi connectivity index (χ1n) is 7.59. The molecule has 2 heteroatoms. The maximum atomic E-state index is 3.60. The summed E-state index contributed by atoms with van der Waals surface area (Å²) in [5.41, 5.74) is 2.78. The minimum atomic E-state index is 0.515. The first kappa shape index (κ1) is 15.1. The molecule has 0 saturated heterocycles. The molecule has 19 heavy (non-hydrogen) atoms. The molecule has 1 aromatic rings. The zero-order valence-corrected chi connectivity index (χ0v) is 14.0. The highest BCUT2D eigenvalue weighted by atomic mass is 79.9. The molecule has 1 saturated carbocycles. The van der Waals surface area contributed by atoms with Gasteiger partial charge in [0.15, 0.2) is 0 Å². The topological polar surface area (TPSA) is 12.0 Å². The third-order valence-electron chi connectivity index (χ3n) is 4.72. The molecule has 0 radical (unpaired) electrons. The summed E-state index contributed by atoms with van der Waals surface area (Å²) >= 11 is 3.60. The van der Waals surface area contributed by atoms with Crippen molar-refractivity contribution in [3.63, 3.8) is 0 Å². The van der Waals surface area contributed by atoms with Gasteiger partial charge in [-0.15, -0.1) is 0 Å². The molecule has 0 bridgehead atoms. The molecule has 0 spiro atoms. The highest BCUT2D eigenvalue weighted by Crippen LogP contribution is 2.38. The SMILES string of the molecule is CCC1CCCC(C(NC)c2ccc(Br)c(C)c2)C1. The van der Waals surface area contributed by atoms with Crippen molar-refractivity contribution in [2.45, 2.75) is 52.0 Å². The van der Waals surface area contributed by atoms with E-state index in [0.29, 0.717) is 6.04 Å². The van der Waals surface area contributed by atoms with Gasteiger partial charge in [0, 0.05) is 10.5 Å². The average molecular weight is 324 g/mol. The summed E-state index contributed by atoms with van der Waals surface area (Å²) < 4.78 is 1.21. The monoisotopic (exact) mass is 323 g/mol. The van der Waals surface area contributed by atoms with Gasteiger partial charge in [0.2, 0.25) is 0 Å². The van der Waals surface area contributed by atoms with Crippen molar-refractivity contribution in [1.29, 1.82) is 0 Å². The minimum Gasteiger partial charge on any atom is -0.313 e. The van der Waals surface area contributed by atoms with Crippen LogP contribution in [0.1, 0.15) is 56.2 Å². The second-order valence-corrected chi connectivity index (χ2v) is 6.83. The van der Waals surface area contributed by atoms with Gasteiger partial charge in [-0.2, -0.15) is 0 Å². The smallest absolute Gasteiger partial charge is 0.0346 e. The lowest BCUT2D eigenvalue weighted by Gasteiger charge is -2.34. The van der Waals surface area contributed by atoms with E-state index in [1.807, 2.05) is 0 Å². The Kier molecular flexibility index (Phi) is 5.47. The van der Waals surface area contributed by atoms with Crippen LogP contribution in [0.2, 0.25) is 0 Å². The van der Waals surface area contributed by atoms with Gasteiger partial charge < -0.3 is 5.32 Å². The fourth-order valence-electron chi connectivity index (χ4n) is 3.54. The van der Waals surface area contributed by atoms with Crippen LogP contribution in [0.25, 0.3) is 0 Å².